The van der Waals surface area contributed by atoms with Gasteiger partial charge in [-0.3, -0.25) is 19.6 Å². The maximum absolute atomic E-state index is 13.3. The fourth-order valence-electron chi connectivity index (χ4n) is 4.75. The highest BCUT2D eigenvalue weighted by Gasteiger charge is 2.27. The Hall–Kier alpha value is -2.87. The number of nitrogens with zero attached hydrogens (tertiary/aromatic N) is 2. The van der Waals surface area contributed by atoms with Gasteiger partial charge < -0.3 is 15.2 Å². The van der Waals surface area contributed by atoms with Gasteiger partial charge in [0.2, 0.25) is 18.2 Å². The lowest BCUT2D eigenvalue weighted by molar-refractivity contribution is -0.151. The topological polar surface area (TPSA) is 104 Å². The first-order valence-corrected chi connectivity index (χ1v) is 12.4. The van der Waals surface area contributed by atoms with Gasteiger partial charge in [0.15, 0.2) is 0 Å². The summed E-state index contributed by atoms with van der Waals surface area (Å²) in [6.45, 7) is 5.65. The molecule has 3 amide bonds. The van der Waals surface area contributed by atoms with Crippen molar-refractivity contribution < 1.29 is 19.6 Å². The molecule has 34 heavy (non-hydrogen) atoms. The summed E-state index contributed by atoms with van der Waals surface area (Å²) in [5.41, 5.74) is 2.19. The van der Waals surface area contributed by atoms with Gasteiger partial charge >= 0.3 is 0 Å². The van der Waals surface area contributed by atoms with Crippen molar-refractivity contribution in [3.63, 3.8) is 0 Å². The Labute approximate surface area is 201 Å². The number of fused-ring (bicyclic) bond motifs is 5. The minimum atomic E-state index is -0.696. The molecular formula is C26H38N4O4. The van der Waals surface area contributed by atoms with Crippen LogP contribution in [0.25, 0.3) is 10.9 Å². The van der Waals surface area contributed by atoms with Crippen LogP contribution in [-0.2, 0) is 27.3 Å². The number of hydrogen-bond acceptors (Lipinski definition) is 4. The van der Waals surface area contributed by atoms with Crippen LogP contribution in [-0.4, -0.2) is 52.2 Å². The number of hydrogen-bond donors (Lipinski definition) is 3. The quantitative estimate of drug-likeness (QED) is 0.313. The molecule has 0 saturated carbocycles. The lowest BCUT2D eigenvalue weighted by atomic mass is 9.92. The molecule has 0 fully saturated rings. The number of benzene rings is 1. The van der Waals surface area contributed by atoms with E-state index in [9.17, 15) is 19.6 Å². The largest absolute Gasteiger partial charge is 0.354 e. The molecule has 8 heteroatoms. The first-order valence-electron chi connectivity index (χ1n) is 12.4. The van der Waals surface area contributed by atoms with Crippen molar-refractivity contribution in [2.75, 3.05) is 13.1 Å². The number of carbonyl (C=O) groups is 3. The zero-order valence-corrected chi connectivity index (χ0v) is 20.3. The molecule has 3 N–H and O–H groups in total. The Balaban J connectivity index is 1.84. The predicted molar refractivity (Wildman–Crippen MR) is 131 cm³/mol. The van der Waals surface area contributed by atoms with E-state index in [0.717, 1.165) is 48.7 Å². The van der Waals surface area contributed by atoms with Gasteiger partial charge in [0.05, 0.1) is 0 Å². The summed E-state index contributed by atoms with van der Waals surface area (Å²) in [5.74, 6) is -0.551. The van der Waals surface area contributed by atoms with E-state index in [1.54, 1.807) is 0 Å². The maximum Gasteiger partial charge on any atom is 0.242 e. The molecule has 8 nitrogen and oxygen atoms in total. The molecule has 0 saturated heterocycles. The molecule has 1 aliphatic rings. The zero-order chi connectivity index (χ0) is 24.5. The molecule has 0 radical (unpaired) electrons. The van der Waals surface area contributed by atoms with Crippen LogP contribution >= 0.6 is 0 Å². The SMILES string of the molecule is CC(C)CC(CCN(O)C=O)C(=O)NC1Cc2cn(c3ccccc23)CCCCCCNC1=O. The number of amides is 3. The van der Waals surface area contributed by atoms with E-state index in [1.807, 2.05) is 26.0 Å². The average Bonchev–Trinajstić information content (AvgIpc) is 3.17. The fourth-order valence-corrected chi connectivity index (χ4v) is 4.75. The third kappa shape index (κ3) is 7.06. The Morgan fingerprint density at radius 1 is 1.26 bits per heavy atom. The van der Waals surface area contributed by atoms with E-state index < -0.39 is 12.0 Å². The van der Waals surface area contributed by atoms with Gasteiger partial charge in [0.25, 0.3) is 0 Å². The zero-order valence-electron chi connectivity index (χ0n) is 20.3. The molecule has 1 aliphatic heterocycles. The van der Waals surface area contributed by atoms with Gasteiger partial charge in [0.1, 0.15) is 6.04 Å². The molecule has 1 aromatic heterocycles. The monoisotopic (exact) mass is 470 g/mol. The van der Waals surface area contributed by atoms with Crippen molar-refractivity contribution in [3.8, 4) is 0 Å². The van der Waals surface area contributed by atoms with Crippen molar-refractivity contribution in [2.24, 2.45) is 11.8 Å². The molecule has 186 valence electrons. The Morgan fingerprint density at radius 3 is 2.79 bits per heavy atom. The lowest BCUT2D eigenvalue weighted by Crippen LogP contribution is -2.50. The van der Waals surface area contributed by atoms with Crippen molar-refractivity contribution >= 4 is 29.1 Å². The van der Waals surface area contributed by atoms with E-state index in [1.165, 1.54) is 0 Å². The van der Waals surface area contributed by atoms with Crippen LogP contribution in [0.2, 0.25) is 0 Å². The molecule has 3 rings (SSSR count). The average molecular weight is 471 g/mol. The van der Waals surface area contributed by atoms with Crippen LogP contribution in [0.3, 0.4) is 0 Å². The van der Waals surface area contributed by atoms with Gasteiger partial charge in [-0.05, 0) is 43.2 Å². The minimum absolute atomic E-state index is 0.0681. The van der Waals surface area contributed by atoms with Gasteiger partial charge in [-0.15, -0.1) is 0 Å². The van der Waals surface area contributed by atoms with Gasteiger partial charge in [0, 0.05) is 49.1 Å². The van der Waals surface area contributed by atoms with Crippen molar-refractivity contribution in [1.82, 2.24) is 20.3 Å². The maximum atomic E-state index is 13.3. The van der Waals surface area contributed by atoms with E-state index in [4.69, 9.17) is 0 Å². The summed E-state index contributed by atoms with van der Waals surface area (Å²) in [6, 6.07) is 7.50. The van der Waals surface area contributed by atoms with Crippen LogP contribution in [0.5, 0.6) is 0 Å². The molecule has 2 unspecified atom stereocenters. The van der Waals surface area contributed by atoms with Crippen molar-refractivity contribution in [3.05, 3.63) is 36.0 Å². The summed E-state index contributed by atoms with van der Waals surface area (Å²) in [4.78, 5) is 37.2. The van der Waals surface area contributed by atoms with E-state index in [2.05, 4.69) is 33.5 Å². The standard InChI is InChI=1S/C26H38N4O4/c1-19(2)15-20(11-14-30(34)18-31)25(32)28-23-16-21-17-29(24-10-6-5-9-22(21)24)13-8-4-3-7-12-27-26(23)33/h5-6,9-10,17-20,23,34H,3-4,7-8,11-16H2,1-2H3,(H,27,33)(H,28,32). The number of carbonyl (C=O) groups excluding carboxylic acids is 3. The second kappa shape index (κ2) is 12.6. The summed E-state index contributed by atoms with van der Waals surface area (Å²) in [6.07, 6.45) is 7.95. The molecule has 2 atom stereocenters. The number of nitrogens with one attached hydrogen (secondary N) is 2. The summed E-state index contributed by atoms with van der Waals surface area (Å²) in [5, 5.41) is 17.2. The van der Waals surface area contributed by atoms with E-state index >= 15 is 0 Å². The van der Waals surface area contributed by atoms with Crippen LogP contribution in [0.1, 0.15) is 57.9 Å². The highest BCUT2D eigenvalue weighted by Crippen LogP contribution is 2.24. The van der Waals surface area contributed by atoms with Crippen LogP contribution < -0.4 is 10.6 Å². The normalized spacial score (nSPS) is 18.4. The fraction of sp³-hybridized carbons (Fsp3) is 0.577. The Bertz CT molecular complexity index is 971. The van der Waals surface area contributed by atoms with Crippen molar-refractivity contribution in [2.45, 2.75) is 71.4 Å². The number of aryl methyl sites for hydroxylation is 1. The summed E-state index contributed by atoms with van der Waals surface area (Å²) >= 11 is 0. The van der Waals surface area contributed by atoms with E-state index in [-0.39, 0.29) is 24.3 Å². The first-order chi connectivity index (χ1) is 16.4. The third-order valence-electron chi connectivity index (χ3n) is 6.51. The highest BCUT2D eigenvalue weighted by atomic mass is 16.5. The Morgan fingerprint density at radius 2 is 2.03 bits per heavy atom. The van der Waals surface area contributed by atoms with E-state index in [0.29, 0.717) is 37.3 Å². The second-order valence-electron chi connectivity index (χ2n) is 9.72. The molecule has 0 spiro atoms. The molecule has 2 heterocycles. The smallest absolute Gasteiger partial charge is 0.242 e. The molecule has 0 aliphatic carbocycles. The number of para-hydroxylation sites is 1. The lowest BCUT2D eigenvalue weighted by Gasteiger charge is -2.24. The predicted octanol–water partition coefficient (Wildman–Crippen LogP) is 3.26. The molecule has 2 aromatic rings. The van der Waals surface area contributed by atoms with Crippen molar-refractivity contribution in [1.29, 1.82) is 0 Å². The molecule has 1 aromatic carbocycles. The van der Waals surface area contributed by atoms with Crippen LogP contribution in [0, 0.1) is 11.8 Å². The second-order valence-corrected chi connectivity index (χ2v) is 9.72. The molecular weight excluding hydrogens is 432 g/mol. The van der Waals surface area contributed by atoms with Gasteiger partial charge in [-0.2, -0.15) is 0 Å². The highest BCUT2D eigenvalue weighted by molar-refractivity contribution is 5.90. The summed E-state index contributed by atoms with van der Waals surface area (Å²) in [7, 11) is 0. The molecule has 2 bridgehead atoms. The third-order valence-corrected chi connectivity index (χ3v) is 6.51. The van der Waals surface area contributed by atoms with Crippen LogP contribution in [0.15, 0.2) is 30.5 Å². The minimum Gasteiger partial charge on any atom is -0.354 e. The number of aromatic nitrogens is 1. The van der Waals surface area contributed by atoms with Gasteiger partial charge in [-0.1, -0.05) is 44.9 Å². The van der Waals surface area contributed by atoms with Gasteiger partial charge in [-0.25, -0.2) is 5.06 Å². The number of rotatable bonds is 8. The summed E-state index contributed by atoms with van der Waals surface area (Å²) < 4.78 is 2.26. The van der Waals surface area contributed by atoms with Crippen LogP contribution in [0.4, 0.5) is 0 Å². The first kappa shape index (κ1) is 25.7. The Kier molecular flexibility index (Phi) is 9.51. The number of hydroxylamine groups is 2.